The van der Waals surface area contributed by atoms with Gasteiger partial charge in [0, 0.05) is 36.9 Å². The van der Waals surface area contributed by atoms with Crippen LogP contribution in [0.2, 0.25) is 0 Å². The van der Waals surface area contributed by atoms with Gasteiger partial charge in [-0.2, -0.15) is 0 Å². The van der Waals surface area contributed by atoms with Gasteiger partial charge in [-0.25, -0.2) is 4.79 Å². The van der Waals surface area contributed by atoms with E-state index < -0.39 is 0 Å². The fraction of sp³-hybridized carbons (Fsp3) is 0.579. The maximum Gasteiger partial charge on any atom is 0.319 e. The van der Waals surface area contributed by atoms with Gasteiger partial charge in [0.05, 0.1) is 0 Å². The van der Waals surface area contributed by atoms with E-state index >= 15 is 0 Å². The molecule has 1 unspecified atom stereocenters. The number of benzene rings is 1. The second-order valence-corrected chi connectivity index (χ2v) is 7.25. The molecule has 3 N–H and O–H groups in total. The lowest BCUT2D eigenvalue weighted by atomic mass is 10.0. The van der Waals surface area contributed by atoms with Crippen LogP contribution in [-0.4, -0.2) is 49.1 Å². The molecule has 1 atom stereocenters. The number of nitrogens with one attached hydrogen (secondary N) is 3. The molecule has 3 amide bonds. The van der Waals surface area contributed by atoms with E-state index in [0.717, 1.165) is 38.4 Å². The Morgan fingerprint density at radius 2 is 1.92 bits per heavy atom. The number of hydrogen-bond acceptors (Lipinski definition) is 3. The number of nitrogens with zero attached hydrogens (tertiary/aromatic N) is 1. The van der Waals surface area contributed by atoms with E-state index in [2.05, 4.69) is 27.8 Å². The molecule has 0 spiro atoms. The number of carbonyl (C=O) groups is 2. The van der Waals surface area contributed by atoms with Crippen LogP contribution < -0.4 is 16.0 Å². The molecule has 6 nitrogen and oxygen atoms in total. The zero-order valence-electron chi connectivity index (χ0n) is 14.9. The van der Waals surface area contributed by atoms with Crippen LogP contribution in [0.5, 0.6) is 0 Å². The highest BCUT2D eigenvalue weighted by molar-refractivity contribution is 5.95. The number of rotatable bonds is 6. The van der Waals surface area contributed by atoms with Gasteiger partial charge in [0.15, 0.2) is 0 Å². The van der Waals surface area contributed by atoms with Crippen molar-refractivity contribution in [2.45, 2.75) is 38.6 Å². The van der Waals surface area contributed by atoms with Crippen molar-refractivity contribution in [3.8, 4) is 0 Å². The molecule has 0 bridgehead atoms. The van der Waals surface area contributed by atoms with Crippen LogP contribution in [0.25, 0.3) is 0 Å². The fourth-order valence-electron chi connectivity index (χ4n) is 3.20. The molecule has 2 fully saturated rings. The van der Waals surface area contributed by atoms with Crippen LogP contribution >= 0.6 is 0 Å². The minimum Gasteiger partial charge on any atom is -0.351 e. The lowest BCUT2D eigenvalue weighted by Gasteiger charge is -2.30. The number of urea groups is 1. The SMILES string of the molecule is CC1CCCN(CCNC(=O)c2ccc(NC(=O)NC3CC3)cc2)C1. The molecule has 2 aliphatic rings. The smallest absolute Gasteiger partial charge is 0.319 e. The van der Waals surface area contributed by atoms with Gasteiger partial charge in [0.2, 0.25) is 0 Å². The molecule has 0 aromatic heterocycles. The Bertz CT molecular complexity index is 598. The fourth-order valence-corrected chi connectivity index (χ4v) is 3.20. The van der Waals surface area contributed by atoms with Crippen molar-refractivity contribution in [2.75, 3.05) is 31.5 Å². The van der Waals surface area contributed by atoms with E-state index in [1.165, 1.54) is 12.8 Å². The Balaban J connectivity index is 1.40. The molecule has 1 aromatic rings. The molecule has 3 rings (SSSR count). The minimum absolute atomic E-state index is 0.0703. The largest absolute Gasteiger partial charge is 0.351 e. The summed E-state index contributed by atoms with van der Waals surface area (Å²) in [5, 5.41) is 8.62. The summed E-state index contributed by atoms with van der Waals surface area (Å²) in [4.78, 5) is 26.3. The van der Waals surface area contributed by atoms with Gasteiger partial charge in [-0.3, -0.25) is 4.79 Å². The first-order chi connectivity index (χ1) is 12.1. The van der Waals surface area contributed by atoms with Crippen molar-refractivity contribution in [3.05, 3.63) is 29.8 Å². The molecular weight excluding hydrogens is 316 g/mol. The predicted octanol–water partition coefficient (Wildman–Crippen LogP) is 2.43. The van der Waals surface area contributed by atoms with Gasteiger partial charge in [-0.15, -0.1) is 0 Å². The molecule has 0 radical (unpaired) electrons. The van der Waals surface area contributed by atoms with E-state index in [-0.39, 0.29) is 11.9 Å². The number of hydrogen-bond donors (Lipinski definition) is 3. The monoisotopic (exact) mass is 344 g/mol. The predicted molar refractivity (Wildman–Crippen MR) is 98.8 cm³/mol. The quantitative estimate of drug-likeness (QED) is 0.742. The Morgan fingerprint density at radius 1 is 1.16 bits per heavy atom. The molecule has 25 heavy (non-hydrogen) atoms. The molecule has 1 saturated heterocycles. The van der Waals surface area contributed by atoms with Crippen LogP contribution in [0.3, 0.4) is 0 Å². The Labute approximate surface area is 149 Å². The maximum absolute atomic E-state index is 12.2. The summed E-state index contributed by atoms with van der Waals surface area (Å²) in [6.07, 6.45) is 4.67. The summed E-state index contributed by atoms with van der Waals surface area (Å²) < 4.78 is 0. The maximum atomic E-state index is 12.2. The molecule has 6 heteroatoms. The summed E-state index contributed by atoms with van der Waals surface area (Å²) in [7, 11) is 0. The van der Waals surface area contributed by atoms with Crippen molar-refractivity contribution >= 4 is 17.6 Å². The van der Waals surface area contributed by atoms with Crippen LogP contribution in [0.15, 0.2) is 24.3 Å². The van der Waals surface area contributed by atoms with Crippen LogP contribution in [-0.2, 0) is 0 Å². The highest BCUT2D eigenvalue weighted by atomic mass is 16.2. The Morgan fingerprint density at radius 3 is 2.60 bits per heavy atom. The zero-order valence-corrected chi connectivity index (χ0v) is 14.9. The molecule has 136 valence electrons. The standard InChI is InChI=1S/C19H28N4O2/c1-14-3-2-11-23(13-14)12-10-20-18(24)15-4-6-16(7-5-15)21-19(25)22-17-8-9-17/h4-7,14,17H,2-3,8-13H2,1H3,(H,20,24)(H2,21,22,25). The van der Waals surface area contributed by atoms with Crippen molar-refractivity contribution < 1.29 is 9.59 Å². The lowest BCUT2D eigenvalue weighted by molar-refractivity contribution is 0.0944. The molecule has 1 heterocycles. The summed E-state index contributed by atoms with van der Waals surface area (Å²) in [6.45, 7) is 6.10. The summed E-state index contributed by atoms with van der Waals surface area (Å²) in [5.41, 5.74) is 1.30. The summed E-state index contributed by atoms with van der Waals surface area (Å²) in [6, 6.07) is 7.14. The second-order valence-electron chi connectivity index (χ2n) is 7.25. The third-order valence-corrected chi connectivity index (χ3v) is 4.77. The first kappa shape index (κ1) is 17.7. The molecule has 1 aromatic carbocycles. The van der Waals surface area contributed by atoms with Gasteiger partial charge in [-0.05, 0) is 62.4 Å². The topological polar surface area (TPSA) is 73.5 Å². The van der Waals surface area contributed by atoms with Gasteiger partial charge >= 0.3 is 6.03 Å². The molecule has 1 aliphatic heterocycles. The van der Waals surface area contributed by atoms with Crippen molar-refractivity contribution in [3.63, 3.8) is 0 Å². The first-order valence-corrected chi connectivity index (χ1v) is 9.28. The zero-order chi connectivity index (χ0) is 17.6. The number of piperidine rings is 1. The van der Waals surface area contributed by atoms with Crippen molar-refractivity contribution in [1.29, 1.82) is 0 Å². The van der Waals surface area contributed by atoms with Gasteiger partial charge in [-0.1, -0.05) is 6.92 Å². The summed E-state index contributed by atoms with van der Waals surface area (Å²) in [5.74, 6) is 0.681. The molecule has 1 aliphatic carbocycles. The Kier molecular flexibility index (Phi) is 5.91. The lowest BCUT2D eigenvalue weighted by Crippen LogP contribution is -2.40. The van der Waals surface area contributed by atoms with E-state index in [0.29, 0.717) is 23.8 Å². The highest BCUT2D eigenvalue weighted by Gasteiger charge is 2.23. The van der Waals surface area contributed by atoms with Crippen molar-refractivity contribution in [2.24, 2.45) is 5.92 Å². The highest BCUT2D eigenvalue weighted by Crippen LogP contribution is 2.19. The number of carbonyl (C=O) groups excluding carboxylic acids is 2. The second kappa shape index (κ2) is 8.34. The first-order valence-electron chi connectivity index (χ1n) is 9.28. The van der Waals surface area contributed by atoms with E-state index in [1.54, 1.807) is 24.3 Å². The normalized spacial score (nSPS) is 20.8. The van der Waals surface area contributed by atoms with Crippen LogP contribution in [0.4, 0.5) is 10.5 Å². The Hall–Kier alpha value is -2.08. The van der Waals surface area contributed by atoms with Crippen molar-refractivity contribution in [1.82, 2.24) is 15.5 Å². The average Bonchev–Trinajstić information content (AvgIpc) is 3.39. The van der Waals surface area contributed by atoms with Crippen LogP contribution in [0.1, 0.15) is 43.0 Å². The van der Waals surface area contributed by atoms with E-state index in [9.17, 15) is 9.59 Å². The summed E-state index contributed by atoms with van der Waals surface area (Å²) >= 11 is 0. The number of amides is 3. The van der Waals surface area contributed by atoms with Gasteiger partial charge in [0.25, 0.3) is 5.91 Å². The average molecular weight is 344 g/mol. The van der Waals surface area contributed by atoms with Gasteiger partial charge < -0.3 is 20.9 Å². The third kappa shape index (κ3) is 5.74. The third-order valence-electron chi connectivity index (χ3n) is 4.77. The number of likely N-dealkylation sites (tertiary alicyclic amines) is 1. The van der Waals surface area contributed by atoms with E-state index in [4.69, 9.17) is 0 Å². The van der Waals surface area contributed by atoms with Gasteiger partial charge in [0.1, 0.15) is 0 Å². The number of anilines is 1. The minimum atomic E-state index is -0.185. The molecular formula is C19H28N4O2. The van der Waals surface area contributed by atoms with E-state index in [1.807, 2.05) is 0 Å². The van der Waals surface area contributed by atoms with Crippen LogP contribution in [0, 0.1) is 5.92 Å². The molecule has 1 saturated carbocycles.